The normalized spacial score (nSPS) is 15.7. The van der Waals surface area contributed by atoms with Gasteiger partial charge in [-0.2, -0.15) is 8.78 Å². The van der Waals surface area contributed by atoms with E-state index < -0.39 is 12.5 Å². The van der Waals surface area contributed by atoms with Crippen molar-refractivity contribution < 1.29 is 18.3 Å². The van der Waals surface area contributed by atoms with Crippen molar-refractivity contribution in [2.24, 2.45) is 0 Å². The van der Waals surface area contributed by atoms with Gasteiger partial charge < -0.3 is 10.1 Å². The molecular weight excluding hydrogens is 405 g/mol. The second-order valence-electron chi connectivity index (χ2n) is 5.17. The maximum absolute atomic E-state index is 12.6. The minimum atomic E-state index is -2.92. The number of anilines is 1. The number of hydrogen-bond acceptors (Lipinski definition) is 3. The average Bonchev–Trinajstić information content (AvgIpc) is 2.84. The molecule has 0 saturated carbocycles. The van der Waals surface area contributed by atoms with Gasteiger partial charge >= 0.3 is 6.61 Å². The highest BCUT2D eigenvalue weighted by atomic mass is 35.5. The first-order valence-corrected chi connectivity index (χ1v) is 8.38. The Hall–Kier alpha value is -2.22. The molecule has 0 spiro atoms. The second kappa shape index (κ2) is 7.57. The fourth-order valence-electron chi connectivity index (χ4n) is 2.32. The predicted octanol–water partition coefficient (Wildman–Crippen LogP) is 4.86. The maximum atomic E-state index is 12.6. The number of rotatable bonds is 4. The molecule has 1 heterocycles. The highest BCUT2D eigenvalue weighted by molar-refractivity contribution is 7.80. The fraction of sp³-hybridized carbons (Fsp3) is 0.0588. The molecule has 0 bridgehead atoms. The zero-order chi connectivity index (χ0) is 18.8. The van der Waals surface area contributed by atoms with Crippen LogP contribution in [-0.4, -0.2) is 17.6 Å². The molecule has 1 aliphatic rings. The van der Waals surface area contributed by atoms with Gasteiger partial charge in [0.25, 0.3) is 5.91 Å². The molecule has 134 valence electrons. The van der Waals surface area contributed by atoms with Gasteiger partial charge in [-0.25, -0.2) is 0 Å². The van der Waals surface area contributed by atoms with Gasteiger partial charge in [0.15, 0.2) is 5.11 Å². The number of carbonyl (C=O) groups excluding carboxylic acids is 1. The number of nitrogens with one attached hydrogen (secondary N) is 1. The van der Waals surface area contributed by atoms with Gasteiger partial charge in [0.2, 0.25) is 0 Å². The predicted molar refractivity (Wildman–Crippen MR) is 101 cm³/mol. The molecule has 0 aliphatic carbocycles. The number of amides is 1. The van der Waals surface area contributed by atoms with E-state index in [4.69, 9.17) is 35.4 Å². The van der Waals surface area contributed by atoms with Crippen molar-refractivity contribution in [1.82, 2.24) is 5.32 Å². The summed E-state index contributed by atoms with van der Waals surface area (Å²) in [7, 11) is 0. The van der Waals surface area contributed by atoms with E-state index in [9.17, 15) is 13.6 Å². The van der Waals surface area contributed by atoms with Gasteiger partial charge in [-0.15, -0.1) is 0 Å². The van der Waals surface area contributed by atoms with Crippen LogP contribution in [0.2, 0.25) is 10.0 Å². The lowest BCUT2D eigenvalue weighted by molar-refractivity contribution is -0.113. The van der Waals surface area contributed by atoms with Crippen molar-refractivity contribution in [2.45, 2.75) is 6.61 Å². The number of thiocarbonyl (C=S) groups is 1. The second-order valence-corrected chi connectivity index (χ2v) is 6.40. The van der Waals surface area contributed by atoms with Crippen LogP contribution in [0.1, 0.15) is 5.56 Å². The van der Waals surface area contributed by atoms with Crippen LogP contribution in [0.15, 0.2) is 48.2 Å². The zero-order valence-corrected chi connectivity index (χ0v) is 15.2. The van der Waals surface area contributed by atoms with Gasteiger partial charge in [0.05, 0.1) is 5.69 Å². The first-order valence-electron chi connectivity index (χ1n) is 7.22. The quantitative estimate of drug-likeness (QED) is 0.572. The van der Waals surface area contributed by atoms with E-state index in [2.05, 4.69) is 10.1 Å². The number of benzene rings is 2. The monoisotopic (exact) mass is 414 g/mol. The van der Waals surface area contributed by atoms with Crippen LogP contribution in [0.25, 0.3) is 6.08 Å². The van der Waals surface area contributed by atoms with Crippen molar-refractivity contribution in [2.75, 3.05) is 4.90 Å². The summed E-state index contributed by atoms with van der Waals surface area (Å²) < 4.78 is 28.7. The van der Waals surface area contributed by atoms with Gasteiger partial charge in [-0.05, 0) is 60.3 Å². The fourth-order valence-corrected chi connectivity index (χ4v) is 3.08. The summed E-state index contributed by atoms with van der Waals surface area (Å²) >= 11 is 17.2. The Bertz CT molecular complexity index is 904. The van der Waals surface area contributed by atoms with Gasteiger partial charge in [-0.3, -0.25) is 9.69 Å². The van der Waals surface area contributed by atoms with Crippen molar-refractivity contribution in [3.63, 3.8) is 0 Å². The smallest absolute Gasteiger partial charge is 0.387 e. The van der Waals surface area contributed by atoms with Crippen molar-refractivity contribution in [3.8, 4) is 5.75 Å². The lowest BCUT2D eigenvalue weighted by atomic mass is 10.2. The van der Waals surface area contributed by atoms with E-state index in [1.807, 2.05) is 0 Å². The molecule has 2 aromatic carbocycles. The largest absolute Gasteiger partial charge is 0.435 e. The summed E-state index contributed by atoms with van der Waals surface area (Å²) in [6, 6.07) is 10.5. The standard InChI is InChI=1S/C17H10Cl2F2N2O2S/c18-10-2-1-9(13(19)8-10)7-14-15(24)23(17(26)22-14)11-3-5-12(6-4-11)25-16(20)21/h1-8,16H,(H,22,26)/b14-7-. The molecule has 3 rings (SSSR count). The Balaban J connectivity index is 1.86. The van der Waals surface area contributed by atoms with Gasteiger partial charge in [0, 0.05) is 10.0 Å². The minimum absolute atomic E-state index is 0.0158. The third-order valence-corrected chi connectivity index (χ3v) is 4.31. The van der Waals surface area contributed by atoms with Crippen molar-refractivity contribution in [1.29, 1.82) is 0 Å². The molecule has 9 heteroatoms. The molecule has 0 aromatic heterocycles. The first kappa shape index (κ1) is 18.6. The van der Waals surface area contributed by atoms with Gasteiger partial charge in [-0.1, -0.05) is 29.3 Å². The van der Waals surface area contributed by atoms with E-state index in [0.717, 1.165) is 0 Å². The van der Waals surface area contributed by atoms with Crippen LogP contribution in [0.5, 0.6) is 5.75 Å². The van der Waals surface area contributed by atoms with Gasteiger partial charge in [0.1, 0.15) is 11.4 Å². The SMILES string of the molecule is O=C1/C(=C/c2ccc(Cl)cc2Cl)NC(=S)N1c1ccc(OC(F)F)cc1. The molecule has 0 radical (unpaired) electrons. The molecule has 1 N–H and O–H groups in total. The van der Waals surface area contributed by atoms with E-state index in [1.165, 1.54) is 29.2 Å². The van der Waals surface area contributed by atoms with Crippen LogP contribution in [-0.2, 0) is 4.79 Å². The summed E-state index contributed by atoms with van der Waals surface area (Å²) in [5.74, 6) is -0.415. The van der Waals surface area contributed by atoms with Crippen LogP contribution >= 0.6 is 35.4 Å². The van der Waals surface area contributed by atoms with Crippen LogP contribution in [0.4, 0.5) is 14.5 Å². The lowest BCUT2D eigenvalue weighted by Gasteiger charge is -2.14. The minimum Gasteiger partial charge on any atom is -0.435 e. The lowest BCUT2D eigenvalue weighted by Crippen LogP contribution is -2.30. The number of carbonyl (C=O) groups is 1. The van der Waals surface area contributed by atoms with Crippen molar-refractivity contribution >= 4 is 58.2 Å². The van der Waals surface area contributed by atoms with Crippen molar-refractivity contribution in [3.05, 3.63) is 63.8 Å². The number of halogens is 4. The molecular formula is C17H10Cl2F2N2O2S. The summed E-state index contributed by atoms with van der Waals surface area (Å²) in [5.41, 5.74) is 1.24. The molecule has 1 fully saturated rings. The summed E-state index contributed by atoms with van der Waals surface area (Å²) in [5, 5.41) is 3.84. The van der Waals surface area contributed by atoms with Crippen LogP contribution in [0, 0.1) is 0 Å². The van der Waals surface area contributed by atoms with Crippen LogP contribution in [0.3, 0.4) is 0 Å². The number of alkyl halides is 2. The van der Waals surface area contributed by atoms with Crippen LogP contribution < -0.4 is 15.0 Å². The number of hydrogen-bond donors (Lipinski definition) is 1. The summed E-state index contributed by atoms with van der Waals surface area (Å²) in [6.07, 6.45) is 1.56. The highest BCUT2D eigenvalue weighted by Crippen LogP contribution is 2.27. The molecule has 0 unspecified atom stereocenters. The molecule has 26 heavy (non-hydrogen) atoms. The highest BCUT2D eigenvalue weighted by Gasteiger charge is 2.32. The first-order chi connectivity index (χ1) is 12.3. The van der Waals surface area contributed by atoms with E-state index >= 15 is 0 Å². The van der Waals surface area contributed by atoms with E-state index in [0.29, 0.717) is 21.3 Å². The Morgan fingerprint density at radius 2 is 1.85 bits per heavy atom. The topological polar surface area (TPSA) is 41.6 Å². The number of nitrogens with zero attached hydrogens (tertiary/aromatic N) is 1. The molecule has 1 amide bonds. The summed E-state index contributed by atoms with van der Waals surface area (Å²) in [6.45, 7) is -2.92. The molecule has 1 aliphatic heterocycles. The number of ether oxygens (including phenoxy) is 1. The van der Waals surface area contributed by atoms with E-state index in [-0.39, 0.29) is 16.6 Å². The Morgan fingerprint density at radius 3 is 2.46 bits per heavy atom. The third-order valence-electron chi connectivity index (χ3n) is 3.46. The Morgan fingerprint density at radius 1 is 1.15 bits per heavy atom. The molecule has 4 nitrogen and oxygen atoms in total. The van der Waals surface area contributed by atoms with E-state index in [1.54, 1.807) is 24.3 Å². The molecule has 2 aromatic rings. The Labute approximate surface area is 162 Å². The zero-order valence-electron chi connectivity index (χ0n) is 12.9. The maximum Gasteiger partial charge on any atom is 0.387 e. The Kier molecular flexibility index (Phi) is 5.41. The summed E-state index contributed by atoms with van der Waals surface area (Å²) in [4.78, 5) is 13.9. The average molecular weight is 415 g/mol. The third kappa shape index (κ3) is 3.95. The molecule has 1 saturated heterocycles. The molecule has 0 atom stereocenters.